The summed E-state index contributed by atoms with van der Waals surface area (Å²) < 4.78 is 0. The molecule has 0 bridgehead atoms. The van der Waals surface area contributed by atoms with Gasteiger partial charge in [-0.3, -0.25) is 9.59 Å². The van der Waals surface area contributed by atoms with Crippen LogP contribution in [0.3, 0.4) is 0 Å². The lowest BCUT2D eigenvalue weighted by atomic mass is 10.1. The van der Waals surface area contributed by atoms with E-state index in [2.05, 4.69) is 0 Å². The van der Waals surface area contributed by atoms with Gasteiger partial charge in [-0.2, -0.15) is 0 Å². The van der Waals surface area contributed by atoms with E-state index in [1.807, 2.05) is 0 Å². The second-order valence-corrected chi connectivity index (χ2v) is 5.20. The Balaban J connectivity index is 2.37. The monoisotopic (exact) mass is 296 g/mol. The van der Waals surface area contributed by atoms with Crippen molar-refractivity contribution in [1.82, 2.24) is 4.90 Å². The summed E-state index contributed by atoms with van der Waals surface area (Å²) in [5, 5.41) is 9.41. The molecule has 1 saturated heterocycles. The van der Waals surface area contributed by atoms with Crippen LogP contribution in [0.25, 0.3) is 0 Å². The minimum atomic E-state index is -0.231. The van der Waals surface area contributed by atoms with Crippen LogP contribution in [0.1, 0.15) is 23.2 Å². The van der Waals surface area contributed by atoms with Gasteiger partial charge in [0, 0.05) is 31.6 Å². The second-order valence-electron chi connectivity index (χ2n) is 4.76. The summed E-state index contributed by atoms with van der Waals surface area (Å²) in [7, 11) is 1.61. The summed E-state index contributed by atoms with van der Waals surface area (Å²) in [6, 6.07) is 4.90. The van der Waals surface area contributed by atoms with Crippen LogP contribution in [-0.4, -0.2) is 48.6 Å². The average Bonchev–Trinajstić information content (AvgIpc) is 2.84. The fourth-order valence-electron chi connectivity index (χ4n) is 2.27. The lowest BCUT2D eigenvalue weighted by molar-refractivity contribution is -0.117. The van der Waals surface area contributed by atoms with Gasteiger partial charge in [0.25, 0.3) is 5.91 Å². The van der Waals surface area contributed by atoms with Crippen LogP contribution in [0.5, 0.6) is 0 Å². The lowest BCUT2D eigenvalue weighted by Crippen LogP contribution is -2.32. The fourth-order valence-corrected chi connectivity index (χ4v) is 2.44. The number of hydrogen-bond donors (Lipinski definition) is 1. The Labute approximate surface area is 122 Å². The van der Waals surface area contributed by atoms with Crippen molar-refractivity contribution in [3.05, 3.63) is 28.8 Å². The molecule has 1 N–H and O–H groups in total. The molecule has 0 atom stereocenters. The van der Waals surface area contributed by atoms with Crippen LogP contribution >= 0.6 is 11.6 Å². The molecular formula is C14H17ClN2O3. The first-order valence-electron chi connectivity index (χ1n) is 6.51. The molecule has 1 aliphatic heterocycles. The minimum absolute atomic E-state index is 0.00567. The molecule has 2 amide bonds. The van der Waals surface area contributed by atoms with Gasteiger partial charge in [-0.25, -0.2) is 0 Å². The first-order valence-corrected chi connectivity index (χ1v) is 6.88. The maximum atomic E-state index is 12.4. The molecule has 2 rings (SSSR count). The molecule has 0 aliphatic carbocycles. The molecule has 6 heteroatoms. The van der Waals surface area contributed by atoms with Crippen LogP contribution in [0, 0.1) is 0 Å². The predicted molar refractivity (Wildman–Crippen MR) is 77.1 cm³/mol. The highest BCUT2D eigenvalue weighted by Crippen LogP contribution is 2.29. The van der Waals surface area contributed by atoms with Crippen molar-refractivity contribution >= 4 is 29.1 Å². The van der Waals surface area contributed by atoms with Gasteiger partial charge in [0.1, 0.15) is 0 Å². The molecule has 0 radical (unpaired) electrons. The summed E-state index contributed by atoms with van der Waals surface area (Å²) in [5.74, 6) is -0.225. The van der Waals surface area contributed by atoms with Gasteiger partial charge in [-0.1, -0.05) is 11.6 Å². The van der Waals surface area contributed by atoms with Gasteiger partial charge < -0.3 is 14.9 Å². The molecule has 1 fully saturated rings. The molecule has 108 valence electrons. The van der Waals surface area contributed by atoms with Gasteiger partial charge in [0.15, 0.2) is 0 Å². The number of hydrogen-bond acceptors (Lipinski definition) is 3. The highest BCUT2D eigenvalue weighted by molar-refractivity contribution is 6.31. The number of nitrogens with zero attached hydrogens (tertiary/aromatic N) is 2. The summed E-state index contributed by atoms with van der Waals surface area (Å²) >= 11 is 5.99. The molecule has 1 aromatic carbocycles. The fraction of sp³-hybridized carbons (Fsp3) is 0.429. The van der Waals surface area contributed by atoms with Crippen LogP contribution in [0.4, 0.5) is 5.69 Å². The van der Waals surface area contributed by atoms with E-state index in [-0.39, 0.29) is 25.0 Å². The maximum absolute atomic E-state index is 12.4. The highest BCUT2D eigenvalue weighted by Gasteiger charge is 2.27. The van der Waals surface area contributed by atoms with Gasteiger partial charge >= 0.3 is 0 Å². The number of anilines is 1. The van der Waals surface area contributed by atoms with Crippen LogP contribution in [-0.2, 0) is 4.79 Å². The normalized spacial score (nSPS) is 14.8. The van der Waals surface area contributed by atoms with Gasteiger partial charge in [-0.05, 0) is 24.6 Å². The van der Waals surface area contributed by atoms with Gasteiger partial charge in [-0.15, -0.1) is 0 Å². The van der Waals surface area contributed by atoms with Crippen LogP contribution in [0.2, 0.25) is 5.02 Å². The number of benzene rings is 1. The zero-order valence-electron chi connectivity index (χ0n) is 11.3. The van der Waals surface area contributed by atoms with E-state index in [9.17, 15) is 9.59 Å². The van der Waals surface area contributed by atoms with E-state index in [1.54, 1.807) is 30.1 Å². The van der Waals surface area contributed by atoms with E-state index in [4.69, 9.17) is 16.7 Å². The van der Waals surface area contributed by atoms with Gasteiger partial charge in [0.05, 0.1) is 17.9 Å². The molecule has 0 aromatic heterocycles. The third kappa shape index (κ3) is 2.94. The third-order valence-electron chi connectivity index (χ3n) is 3.34. The second kappa shape index (κ2) is 6.24. The number of aliphatic hydroxyl groups excluding tert-OH is 1. The number of rotatable bonds is 4. The Kier molecular flexibility index (Phi) is 4.62. The van der Waals surface area contributed by atoms with Gasteiger partial charge in [0.2, 0.25) is 5.91 Å². The Hall–Kier alpha value is -1.59. The molecule has 1 aromatic rings. The maximum Gasteiger partial charge on any atom is 0.255 e. The standard InChI is InChI=1S/C14H17ClN2O3/c1-16(7-8-18)14(20)11-5-4-10(15)9-12(11)17-6-2-3-13(17)19/h4-5,9,18H,2-3,6-8H2,1H3. The van der Waals surface area contributed by atoms with Crippen molar-refractivity contribution in [3.8, 4) is 0 Å². The molecule has 0 spiro atoms. The number of carbonyl (C=O) groups is 2. The van der Waals surface area contributed by atoms with E-state index in [0.29, 0.717) is 29.2 Å². The Morgan fingerprint density at radius 3 is 2.85 bits per heavy atom. The van der Waals surface area contributed by atoms with Crippen LogP contribution < -0.4 is 4.90 Å². The molecule has 0 saturated carbocycles. The zero-order valence-corrected chi connectivity index (χ0v) is 12.1. The van der Waals surface area contributed by atoms with E-state index >= 15 is 0 Å². The third-order valence-corrected chi connectivity index (χ3v) is 3.57. The predicted octanol–water partition coefficient (Wildman–Crippen LogP) is 1.53. The number of likely N-dealkylation sites (N-methyl/N-ethyl adjacent to an activating group) is 1. The van der Waals surface area contributed by atoms with Crippen molar-refractivity contribution in [2.24, 2.45) is 0 Å². The summed E-state index contributed by atoms with van der Waals surface area (Å²) in [6.07, 6.45) is 1.28. The highest BCUT2D eigenvalue weighted by atomic mass is 35.5. The van der Waals surface area contributed by atoms with Crippen molar-refractivity contribution < 1.29 is 14.7 Å². The average molecular weight is 297 g/mol. The van der Waals surface area contributed by atoms with E-state index in [1.165, 1.54) is 4.90 Å². The minimum Gasteiger partial charge on any atom is -0.395 e. The van der Waals surface area contributed by atoms with E-state index < -0.39 is 0 Å². The lowest BCUT2D eigenvalue weighted by Gasteiger charge is -2.22. The quantitative estimate of drug-likeness (QED) is 0.916. The molecule has 5 nitrogen and oxygen atoms in total. The SMILES string of the molecule is CN(CCO)C(=O)c1ccc(Cl)cc1N1CCCC1=O. The summed E-state index contributed by atoms with van der Waals surface area (Å²) in [4.78, 5) is 27.3. The van der Waals surface area contributed by atoms with Crippen molar-refractivity contribution in [2.75, 3.05) is 31.6 Å². The Bertz CT molecular complexity index is 533. The Morgan fingerprint density at radius 2 is 2.25 bits per heavy atom. The molecule has 0 unspecified atom stereocenters. The molecule has 1 heterocycles. The number of aliphatic hydroxyl groups is 1. The first-order chi connectivity index (χ1) is 9.54. The number of halogens is 1. The van der Waals surface area contributed by atoms with Crippen molar-refractivity contribution in [3.63, 3.8) is 0 Å². The topological polar surface area (TPSA) is 60.9 Å². The summed E-state index contributed by atoms with van der Waals surface area (Å²) in [6.45, 7) is 0.742. The zero-order chi connectivity index (χ0) is 14.7. The molecular weight excluding hydrogens is 280 g/mol. The number of carbonyl (C=O) groups excluding carboxylic acids is 2. The Morgan fingerprint density at radius 1 is 1.50 bits per heavy atom. The largest absolute Gasteiger partial charge is 0.395 e. The number of amides is 2. The molecule has 20 heavy (non-hydrogen) atoms. The van der Waals surface area contributed by atoms with Crippen molar-refractivity contribution in [2.45, 2.75) is 12.8 Å². The van der Waals surface area contributed by atoms with Crippen molar-refractivity contribution in [1.29, 1.82) is 0 Å². The molecule has 1 aliphatic rings. The summed E-state index contributed by atoms with van der Waals surface area (Å²) in [5.41, 5.74) is 0.982. The van der Waals surface area contributed by atoms with Crippen LogP contribution in [0.15, 0.2) is 18.2 Å². The first kappa shape index (κ1) is 14.8. The smallest absolute Gasteiger partial charge is 0.255 e. The van der Waals surface area contributed by atoms with E-state index in [0.717, 1.165) is 6.42 Å².